The molecule has 0 bridgehead atoms. The average Bonchev–Trinajstić information content (AvgIpc) is 3.11. The van der Waals surface area contributed by atoms with Crippen LogP contribution in [0.4, 0.5) is 16.2 Å². The van der Waals surface area contributed by atoms with Crippen LogP contribution in [0, 0.1) is 11.8 Å². The zero-order chi connectivity index (χ0) is 42.3. The van der Waals surface area contributed by atoms with E-state index in [1.165, 1.54) is 23.1 Å². The van der Waals surface area contributed by atoms with E-state index in [-0.39, 0.29) is 29.7 Å². The van der Waals surface area contributed by atoms with Gasteiger partial charge in [-0.2, -0.15) is 0 Å². The number of carbonyl (C=O) groups excluding carboxylic acids is 6. The first-order chi connectivity index (χ1) is 26.6. The van der Waals surface area contributed by atoms with E-state index in [2.05, 4.69) is 5.32 Å². The molecule has 4 atom stereocenters. The second-order valence-electron chi connectivity index (χ2n) is 15.5. The highest BCUT2D eigenvalue weighted by Crippen LogP contribution is 2.54. The fourth-order valence-corrected chi connectivity index (χ4v) is 7.69. The van der Waals surface area contributed by atoms with Crippen LogP contribution in [0.1, 0.15) is 48.7 Å². The summed E-state index contributed by atoms with van der Waals surface area (Å²) in [6.07, 6.45) is 1.63. The summed E-state index contributed by atoms with van der Waals surface area (Å²) < 4.78 is 10.1. The molecular weight excluding hydrogens is 742 g/mol. The molecule has 2 aromatic carbocycles. The van der Waals surface area contributed by atoms with Gasteiger partial charge < -0.3 is 45.9 Å². The zero-order valence-corrected chi connectivity index (χ0v) is 32.7. The van der Waals surface area contributed by atoms with Crippen LogP contribution in [0.5, 0.6) is 5.75 Å². The quantitative estimate of drug-likeness (QED) is 0.0666. The Morgan fingerprint density at radius 3 is 2.25 bits per heavy atom. The zero-order valence-electron chi connectivity index (χ0n) is 32.7. The molecule has 3 aliphatic carbocycles. The van der Waals surface area contributed by atoms with Crippen molar-refractivity contribution in [3.63, 3.8) is 0 Å². The number of likely N-dealkylation sites (N-methyl/N-ethyl adjacent to an activating group) is 1. The number of anilines is 2. The number of phenolic OH excluding ortho intramolecular Hbond substituents is 1. The van der Waals surface area contributed by atoms with E-state index in [0.29, 0.717) is 11.3 Å². The van der Waals surface area contributed by atoms with Crippen molar-refractivity contribution in [1.82, 2.24) is 9.80 Å². The number of nitrogens with zero attached hydrogens (tertiary/aromatic N) is 3. The number of aromatic hydroxyl groups is 1. The predicted molar refractivity (Wildman–Crippen MR) is 206 cm³/mol. The van der Waals surface area contributed by atoms with E-state index in [1.807, 2.05) is 6.07 Å². The molecule has 0 aromatic heterocycles. The Labute approximate surface area is 328 Å². The molecule has 17 heteroatoms. The molecule has 17 nitrogen and oxygen atoms in total. The maximum atomic E-state index is 14.4. The molecule has 0 spiro atoms. The largest absolute Gasteiger partial charge is 0.510 e. The number of primary amides is 1. The van der Waals surface area contributed by atoms with Gasteiger partial charge in [-0.3, -0.25) is 29.0 Å². The van der Waals surface area contributed by atoms with Crippen molar-refractivity contribution in [2.75, 3.05) is 51.7 Å². The van der Waals surface area contributed by atoms with Crippen molar-refractivity contribution in [1.29, 1.82) is 0 Å². The number of Topliss-reactive ketones (excluding diaryl/α,β-unsaturated/α-hetero) is 2. The predicted octanol–water partition coefficient (Wildman–Crippen LogP) is 2.58. The number of phenols is 1. The minimum absolute atomic E-state index is 0.0279. The lowest BCUT2D eigenvalue weighted by molar-refractivity contribution is -0.149. The molecule has 0 aliphatic heterocycles. The molecule has 2 aromatic rings. The van der Waals surface area contributed by atoms with Gasteiger partial charge in [-0.25, -0.2) is 9.59 Å². The molecule has 3 aliphatic rings. The van der Waals surface area contributed by atoms with Gasteiger partial charge in [0.25, 0.3) is 5.91 Å². The van der Waals surface area contributed by atoms with Crippen LogP contribution >= 0.6 is 0 Å². The first-order valence-corrected chi connectivity index (χ1v) is 18.0. The molecule has 0 saturated heterocycles. The summed E-state index contributed by atoms with van der Waals surface area (Å²) in [5, 5.41) is 48.7. The third-order valence-corrected chi connectivity index (χ3v) is 10.4. The van der Waals surface area contributed by atoms with Gasteiger partial charge in [0.15, 0.2) is 17.1 Å². The summed E-state index contributed by atoms with van der Waals surface area (Å²) in [5.74, 6) is -9.60. The van der Waals surface area contributed by atoms with Gasteiger partial charge in [0, 0.05) is 42.9 Å². The lowest BCUT2D eigenvalue weighted by Gasteiger charge is -2.50. The maximum Gasteiger partial charge on any atom is 0.413 e. The van der Waals surface area contributed by atoms with Gasteiger partial charge >= 0.3 is 12.1 Å². The van der Waals surface area contributed by atoms with E-state index in [1.54, 1.807) is 78.1 Å². The van der Waals surface area contributed by atoms with Crippen molar-refractivity contribution < 1.29 is 58.7 Å². The number of rotatable bonds is 10. The van der Waals surface area contributed by atoms with Crippen LogP contribution in [0.3, 0.4) is 0 Å². The highest BCUT2D eigenvalue weighted by Gasteiger charge is 2.63. The van der Waals surface area contributed by atoms with Crippen molar-refractivity contribution in [3.05, 3.63) is 81.8 Å². The molecule has 3 amide bonds. The van der Waals surface area contributed by atoms with E-state index in [9.17, 15) is 49.2 Å². The average molecular weight is 790 g/mol. The molecule has 0 radical (unpaired) electrons. The van der Waals surface area contributed by atoms with Crippen LogP contribution in [-0.4, -0.2) is 124 Å². The Balaban J connectivity index is 1.41. The van der Waals surface area contributed by atoms with Crippen molar-refractivity contribution in [2.24, 2.45) is 17.6 Å². The number of hydrogen-bond acceptors (Lipinski definition) is 14. The number of amides is 3. The minimum atomic E-state index is -2.82. The normalized spacial score (nSPS) is 21.8. The first kappa shape index (κ1) is 42.0. The number of ketones is 2. The molecule has 0 fully saturated rings. The Bertz CT molecular complexity index is 2120. The number of aliphatic hydroxyl groups excluding tert-OH is 2. The van der Waals surface area contributed by atoms with E-state index in [0.717, 1.165) is 10.5 Å². The number of nitrogens with two attached hydrogens (primary N) is 1. The van der Waals surface area contributed by atoms with Crippen molar-refractivity contribution in [3.8, 4) is 5.75 Å². The number of allylic oxidation sites excluding steroid dienone is 1. The number of ether oxygens (including phenoxy) is 2. The summed E-state index contributed by atoms with van der Waals surface area (Å²) >= 11 is 0. The number of aliphatic hydroxyl groups is 3. The molecule has 0 unspecified atom stereocenters. The Kier molecular flexibility index (Phi) is 11.6. The fourth-order valence-electron chi connectivity index (χ4n) is 7.69. The van der Waals surface area contributed by atoms with Crippen molar-refractivity contribution >= 4 is 52.9 Å². The highest BCUT2D eigenvalue weighted by molar-refractivity contribution is 6.25. The molecule has 0 saturated carbocycles. The van der Waals surface area contributed by atoms with Gasteiger partial charge in [-0.15, -0.1) is 0 Å². The van der Waals surface area contributed by atoms with Crippen LogP contribution in [0.2, 0.25) is 0 Å². The molecule has 57 heavy (non-hydrogen) atoms. The van der Waals surface area contributed by atoms with Gasteiger partial charge in [-0.05, 0) is 76.9 Å². The van der Waals surface area contributed by atoms with E-state index >= 15 is 0 Å². The van der Waals surface area contributed by atoms with Gasteiger partial charge in [0.2, 0.25) is 18.5 Å². The van der Waals surface area contributed by atoms with Crippen LogP contribution < -0.4 is 16.0 Å². The number of carbonyl (C=O) groups is 6. The summed E-state index contributed by atoms with van der Waals surface area (Å²) in [4.78, 5) is 83.3. The van der Waals surface area contributed by atoms with E-state index in [4.69, 9.17) is 15.2 Å². The van der Waals surface area contributed by atoms with Gasteiger partial charge in [0.05, 0.1) is 17.3 Å². The molecule has 7 N–H and O–H groups in total. The molecule has 304 valence electrons. The third kappa shape index (κ3) is 7.80. The second kappa shape index (κ2) is 15.7. The third-order valence-electron chi connectivity index (χ3n) is 10.4. The first-order valence-electron chi connectivity index (χ1n) is 18.0. The lowest BCUT2D eigenvalue weighted by Crippen LogP contribution is -2.63. The Morgan fingerprint density at radius 1 is 1.02 bits per heavy atom. The molecule has 0 heterocycles. The van der Waals surface area contributed by atoms with Crippen LogP contribution in [0.25, 0.3) is 6.08 Å². The number of benzene rings is 2. The number of esters is 1. The van der Waals surface area contributed by atoms with E-state index < -0.39 is 101 Å². The number of hydrogen-bond donors (Lipinski definition) is 6. The lowest BCUT2D eigenvalue weighted by atomic mass is 9.58. The monoisotopic (exact) mass is 789 g/mol. The minimum Gasteiger partial charge on any atom is -0.510 e. The SMILES string of the molecule is CN(C)c1cc(NC(=O)CN(C(=O)OCOC(=O)/C=C/c2ccccc2)C(C)(C)C)c(O)c2c1C[C@H]1C[C@H]3[C@H](N(C)C)C(O)=C(C(N)=O)C(=O)[C@@]3(O)C(O)=C1C2=O. The highest BCUT2D eigenvalue weighted by atomic mass is 16.7. The summed E-state index contributed by atoms with van der Waals surface area (Å²) in [6.45, 7) is 3.56. The Morgan fingerprint density at radius 2 is 1.67 bits per heavy atom. The summed E-state index contributed by atoms with van der Waals surface area (Å²) in [7, 11) is 6.42. The Hall–Kier alpha value is -6.20. The molecular formula is C40H47N5O12. The second-order valence-corrected chi connectivity index (χ2v) is 15.5. The van der Waals surface area contributed by atoms with Crippen molar-refractivity contribution in [2.45, 2.75) is 50.8 Å². The fraction of sp³-hybridized carbons (Fsp3) is 0.400. The van der Waals surface area contributed by atoms with Crippen LogP contribution in [-0.2, 0) is 35.1 Å². The van der Waals surface area contributed by atoms with Gasteiger partial charge in [0.1, 0.15) is 23.6 Å². The van der Waals surface area contributed by atoms with Gasteiger partial charge in [-0.1, -0.05) is 30.3 Å². The summed E-state index contributed by atoms with van der Waals surface area (Å²) in [5.41, 5.74) is 1.29. The number of fused-ring (bicyclic) bond motifs is 3. The standard InChI is InChI=1S/C40H47N5O12/c1-39(2,3)45(38(54)57-19-56-27(47)14-13-20-11-9-8-10-12-20)18-26(46)42-24-17-25(43(4)5)22-15-21-16-23-31(44(6)7)34(50)30(37(41)53)36(52)40(23,55)35(51)28(21)33(49)29(22)32(24)48/h8-14,17,21,23,31,48,50-51,55H,15-16,18-19H2,1-7H3,(H2,41,53)(H,42,46)/b14-13+/t21-,23-,31-,40-/m0/s1. The van der Waals surface area contributed by atoms with Crippen LogP contribution in [0.15, 0.2) is 65.1 Å². The topological polar surface area (TPSA) is 250 Å². The number of nitrogens with one attached hydrogen (secondary N) is 1. The molecule has 5 rings (SSSR count). The maximum absolute atomic E-state index is 14.4. The summed E-state index contributed by atoms with van der Waals surface area (Å²) in [6, 6.07) is 9.27. The smallest absolute Gasteiger partial charge is 0.413 e.